The molecule has 0 spiro atoms. The molecular weight excluding hydrogens is 365 g/mol. The third kappa shape index (κ3) is 3.76. The van der Waals surface area contributed by atoms with E-state index in [1.807, 2.05) is 0 Å². The number of aromatic nitrogens is 1. The zero-order valence-corrected chi connectivity index (χ0v) is 15.2. The average molecular weight is 381 g/mol. The minimum absolute atomic E-state index is 0.0232. The van der Waals surface area contributed by atoms with Gasteiger partial charge in [-0.1, -0.05) is 17.4 Å². The van der Waals surface area contributed by atoms with Crippen LogP contribution < -0.4 is 4.74 Å². The fourth-order valence-corrected chi connectivity index (χ4v) is 4.06. The third-order valence-corrected chi connectivity index (χ3v) is 5.48. The van der Waals surface area contributed by atoms with Gasteiger partial charge >= 0.3 is 0 Å². The summed E-state index contributed by atoms with van der Waals surface area (Å²) < 4.78 is 20.0. The summed E-state index contributed by atoms with van der Waals surface area (Å²) in [6.45, 7) is 1.17. The van der Waals surface area contributed by atoms with E-state index in [0.717, 1.165) is 10.2 Å². The number of fused-ring (bicyclic) bond motifs is 1. The van der Waals surface area contributed by atoms with Gasteiger partial charge in [0.05, 0.1) is 21.8 Å². The van der Waals surface area contributed by atoms with Gasteiger partial charge in [-0.15, -0.1) is 0 Å². The Balaban J connectivity index is 1.38. The second-order valence-electron chi connectivity index (χ2n) is 6.39. The second-order valence-corrected chi connectivity index (χ2v) is 7.39. The summed E-state index contributed by atoms with van der Waals surface area (Å²) in [7, 11) is 0. The van der Waals surface area contributed by atoms with Crippen molar-refractivity contribution in [3.8, 4) is 11.3 Å². The van der Waals surface area contributed by atoms with E-state index in [4.69, 9.17) is 10.00 Å². The normalized spacial score (nSPS) is 14.9. The molecule has 1 aromatic heterocycles. The van der Waals surface area contributed by atoms with Crippen molar-refractivity contribution in [1.29, 1.82) is 5.26 Å². The minimum Gasteiger partial charge on any atom is -0.467 e. The van der Waals surface area contributed by atoms with Crippen molar-refractivity contribution in [3.05, 3.63) is 59.4 Å². The number of nitrogens with zero attached hydrogens (tertiary/aromatic N) is 3. The van der Waals surface area contributed by atoms with Crippen LogP contribution in [-0.4, -0.2) is 35.0 Å². The summed E-state index contributed by atoms with van der Waals surface area (Å²) in [5, 5.41) is 9.51. The molecule has 136 valence electrons. The van der Waals surface area contributed by atoms with Crippen LogP contribution in [0.15, 0.2) is 42.5 Å². The van der Waals surface area contributed by atoms with Crippen molar-refractivity contribution < 1.29 is 13.9 Å². The molecular formula is C20H16FN3O2S. The Morgan fingerprint density at radius 2 is 2.07 bits per heavy atom. The van der Waals surface area contributed by atoms with Crippen LogP contribution >= 0.6 is 11.3 Å². The van der Waals surface area contributed by atoms with Crippen molar-refractivity contribution in [3.63, 3.8) is 0 Å². The largest absolute Gasteiger partial charge is 0.467 e. The Kier molecular flexibility index (Phi) is 4.73. The van der Waals surface area contributed by atoms with E-state index in [0.29, 0.717) is 42.3 Å². The smallest absolute Gasteiger partial charge is 0.274 e. The minimum atomic E-state index is -0.287. The molecule has 1 amide bonds. The van der Waals surface area contributed by atoms with Gasteiger partial charge in [0.15, 0.2) is 0 Å². The lowest BCUT2D eigenvalue weighted by molar-refractivity contribution is 0.0595. The van der Waals surface area contributed by atoms with Crippen LogP contribution in [0.1, 0.15) is 28.8 Å². The summed E-state index contributed by atoms with van der Waals surface area (Å²) >= 11 is 1.33. The first-order valence-electron chi connectivity index (χ1n) is 8.64. The van der Waals surface area contributed by atoms with Crippen molar-refractivity contribution in [2.75, 3.05) is 13.1 Å². The van der Waals surface area contributed by atoms with E-state index in [2.05, 4.69) is 11.1 Å². The van der Waals surface area contributed by atoms with Gasteiger partial charge in [-0.25, -0.2) is 9.37 Å². The predicted octanol–water partition coefficient (Wildman–Crippen LogP) is 3.99. The lowest BCUT2D eigenvalue weighted by atomic mass is 10.1. The molecule has 1 aliphatic rings. The highest BCUT2D eigenvalue weighted by Crippen LogP contribution is 2.30. The summed E-state index contributed by atoms with van der Waals surface area (Å²) in [6.07, 6.45) is 1.38. The number of benzene rings is 2. The number of thiazole rings is 1. The number of hydrogen-bond donors (Lipinski definition) is 0. The third-order valence-electron chi connectivity index (χ3n) is 4.57. The van der Waals surface area contributed by atoms with Gasteiger partial charge < -0.3 is 9.64 Å². The molecule has 4 rings (SSSR count). The number of piperidine rings is 1. The quantitative estimate of drug-likeness (QED) is 0.688. The van der Waals surface area contributed by atoms with Crippen LogP contribution in [0.25, 0.3) is 10.2 Å². The average Bonchev–Trinajstić information content (AvgIpc) is 3.09. The molecule has 2 aromatic carbocycles. The Bertz CT molecular complexity index is 1040. The maximum atomic E-state index is 13.3. The predicted molar refractivity (Wildman–Crippen MR) is 100 cm³/mol. The second kappa shape index (κ2) is 7.33. The van der Waals surface area contributed by atoms with E-state index >= 15 is 0 Å². The van der Waals surface area contributed by atoms with Gasteiger partial charge in [0.25, 0.3) is 11.1 Å². The maximum Gasteiger partial charge on any atom is 0.274 e. The Morgan fingerprint density at radius 3 is 2.85 bits per heavy atom. The molecule has 5 nitrogen and oxygen atoms in total. The van der Waals surface area contributed by atoms with Gasteiger partial charge in [0, 0.05) is 31.5 Å². The van der Waals surface area contributed by atoms with E-state index in [-0.39, 0.29) is 17.8 Å². The molecule has 0 unspecified atom stereocenters. The monoisotopic (exact) mass is 381 g/mol. The summed E-state index contributed by atoms with van der Waals surface area (Å²) in [4.78, 5) is 18.8. The number of likely N-dealkylation sites (tertiary alicyclic amines) is 1. The molecule has 0 radical (unpaired) electrons. The van der Waals surface area contributed by atoms with Gasteiger partial charge in [-0.05, 0) is 36.4 Å². The molecule has 2 heterocycles. The summed E-state index contributed by atoms with van der Waals surface area (Å²) in [5.41, 5.74) is 1.73. The van der Waals surface area contributed by atoms with E-state index < -0.39 is 0 Å². The van der Waals surface area contributed by atoms with Crippen molar-refractivity contribution in [2.45, 2.75) is 18.9 Å². The maximum absolute atomic E-state index is 13.3. The zero-order valence-electron chi connectivity index (χ0n) is 14.4. The Hall–Kier alpha value is -2.98. The van der Waals surface area contributed by atoms with Gasteiger partial charge in [-0.2, -0.15) is 5.26 Å². The molecule has 1 aliphatic heterocycles. The fraction of sp³-hybridized carbons (Fsp3) is 0.250. The van der Waals surface area contributed by atoms with Crippen LogP contribution in [0.2, 0.25) is 0 Å². The zero-order chi connectivity index (χ0) is 18.8. The molecule has 27 heavy (non-hydrogen) atoms. The topological polar surface area (TPSA) is 66.2 Å². The van der Waals surface area contributed by atoms with E-state index in [1.54, 1.807) is 35.2 Å². The number of ether oxygens (including phenoxy) is 1. The number of carbonyl (C=O) groups excluding carboxylic acids is 1. The molecule has 0 aliphatic carbocycles. The highest BCUT2D eigenvalue weighted by Gasteiger charge is 2.25. The summed E-state index contributed by atoms with van der Waals surface area (Å²) in [6, 6.07) is 13.3. The lowest BCUT2D eigenvalue weighted by Crippen LogP contribution is -2.41. The molecule has 0 bridgehead atoms. The molecule has 0 N–H and O–H groups in total. The van der Waals surface area contributed by atoms with Crippen molar-refractivity contribution in [1.82, 2.24) is 9.88 Å². The van der Waals surface area contributed by atoms with Crippen LogP contribution in [0.4, 0.5) is 4.39 Å². The Morgan fingerprint density at radius 1 is 1.26 bits per heavy atom. The van der Waals surface area contributed by atoms with Gasteiger partial charge in [0.1, 0.15) is 11.9 Å². The number of carbonyl (C=O) groups is 1. The highest BCUT2D eigenvalue weighted by atomic mass is 32.1. The first-order valence-corrected chi connectivity index (χ1v) is 9.46. The summed E-state index contributed by atoms with van der Waals surface area (Å²) in [5.74, 6) is -0.356. The molecule has 0 atom stereocenters. The van der Waals surface area contributed by atoms with Crippen LogP contribution in [-0.2, 0) is 0 Å². The number of rotatable bonds is 3. The van der Waals surface area contributed by atoms with Crippen molar-refractivity contribution in [2.24, 2.45) is 0 Å². The first-order chi connectivity index (χ1) is 13.1. The molecule has 1 fully saturated rings. The molecule has 7 heteroatoms. The number of amides is 1. The number of halogens is 1. The highest BCUT2D eigenvalue weighted by molar-refractivity contribution is 7.20. The van der Waals surface area contributed by atoms with Crippen molar-refractivity contribution >= 4 is 27.5 Å². The Labute approximate surface area is 159 Å². The van der Waals surface area contributed by atoms with Gasteiger partial charge in [0.2, 0.25) is 0 Å². The van der Waals surface area contributed by atoms with E-state index in [9.17, 15) is 9.18 Å². The van der Waals surface area contributed by atoms with Gasteiger partial charge in [-0.3, -0.25) is 4.79 Å². The molecule has 3 aromatic rings. The molecule has 0 saturated carbocycles. The SMILES string of the molecule is N#Cc1cccc(C(=O)N2CCC(Oc3nc4ccc(F)cc4s3)CC2)c1. The standard InChI is InChI=1S/C20H16FN3O2S/c21-15-4-5-17-18(11-15)27-20(23-17)26-16-6-8-24(9-7-16)19(25)14-3-1-2-13(10-14)12-22/h1-5,10-11,16H,6-9H2. The lowest BCUT2D eigenvalue weighted by Gasteiger charge is -2.31. The van der Waals surface area contributed by atoms with Crippen LogP contribution in [0.3, 0.4) is 0 Å². The first kappa shape index (κ1) is 17.4. The fourth-order valence-electron chi connectivity index (χ4n) is 3.15. The van der Waals surface area contributed by atoms with Crippen LogP contribution in [0.5, 0.6) is 5.19 Å². The van der Waals surface area contributed by atoms with Crippen LogP contribution in [0, 0.1) is 17.1 Å². The molecule has 1 saturated heterocycles. The van der Waals surface area contributed by atoms with E-state index in [1.165, 1.54) is 23.5 Å². The number of nitriles is 1. The number of hydrogen-bond acceptors (Lipinski definition) is 5.